The number of hydrogen-bond acceptors (Lipinski definition) is 6. The molecule has 0 spiro atoms. The molecule has 1 saturated heterocycles. The lowest BCUT2D eigenvalue weighted by atomic mass is 9.86. The van der Waals surface area contributed by atoms with Crippen LogP contribution in [0.1, 0.15) is 74.7 Å². The fraction of sp³-hybridized carbons (Fsp3) is 0.278. The third-order valence-corrected chi connectivity index (χ3v) is 9.01. The summed E-state index contributed by atoms with van der Waals surface area (Å²) in [7, 11) is 0. The van der Waals surface area contributed by atoms with Crippen molar-refractivity contribution in [3.63, 3.8) is 0 Å². The number of rotatable bonds is 9. The molecular weight excluding hydrogens is 600 g/mol. The molecule has 4 aromatic rings. The number of aliphatic carboxylic acids is 1. The molecule has 1 aliphatic rings. The van der Waals surface area contributed by atoms with Crippen LogP contribution >= 0.6 is 11.3 Å². The van der Waals surface area contributed by atoms with Crippen molar-refractivity contribution in [3.8, 4) is 0 Å². The van der Waals surface area contributed by atoms with Gasteiger partial charge in [-0.3, -0.25) is 19.2 Å². The smallest absolute Gasteiger partial charge is 0.305 e. The number of nitrogens with zero attached hydrogens (tertiary/aromatic N) is 2. The summed E-state index contributed by atoms with van der Waals surface area (Å²) in [6.45, 7) is 8.38. The number of carboxylic acids is 1. The number of thiophene rings is 1. The Balaban J connectivity index is 1.39. The number of carboxylic acid groups (broad SMARTS) is 1. The van der Waals surface area contributed by atoms with E-state index in [0.717, 1.165) is 16.1 Å². The normalized spacial score (nSPS) is 14.0. The first-order valence-electron chi connectivity index (χ1n) is 15.2. The maximum atomic E-state index is 13.5. The van der Waals surface area contributed by atoms with E-state index in [2.05, 4.69) is 36.3 Å². The zero-order valence-electron chi connectivity index (χ0n) is 26.2. The number of carbonyl (C=O) groups is 4. The second kappa shape index (κ2) is 14.0. The highest BCUT2D eigenvalue weighted by molar-refractivity contribution is 7.10. The molecule has 1 aromatic heterocycles. The number of nitrogens with one attached hydrogen (secondary N) is 2. The maximum Gasteiger partial charge on any atom is 0.305 e. The molecule has 3 amide bonds. The second-order valence-electron chi connectivity index (χ2n) is 12.3. The Kier molecular flexibility index (Phi) is 9.87. The van der Waals surface area contributed by atoms with Crippen molar-refractivity contribution < 1.29 is 24.3 Å². The Morgan fingerprint density at radius 3 is 2.09 bits per heavy atom. The molecule has 0 aliphatic carbocycles. The Labute approximate surface area is 272 Å². The van der Waals surface area contributed by atoms with E-state index in [1.165, 1.54) is 11.3 Å². The highest BCUT2D eigenvalue weighted by Crippen LogP contribution is 2.31. The fourth-order valence-electron chi connectivity index (χ4n) is 5.41. The molecule has 1 fully saturated rings. The van der Waals surface area contributed by atoms with Gasteiger partial charge >= 0.3 is 5.97 Å². The van der Waals surface area contributed by atoms with Crippen molar-refractivity contribution in [2.75, 3.05) is 36.4 Å². The summed E-state index contributed by atoms with van der Waals surface area (Å²) in [6, 6.07) is 24.6. The number of anilines is 2. The molecule has 9 nitrogen and oxygen atoms in total. The summed E-state index contributed by atoms with van der Waals surface area (Å²) >= 11 is 1.37. The van der Waals surface area contributed by atoms with Gasteiger partial charge in [-0.1, -0.05) is 57.2 Å². The molecular formula is C36H38N4O5S. The molecule has 10 heteroatoms. The Morgan fingerprint density at radius 1 is 0.804 bits per heavy atom. The van der Waals surface area contributed by atoms with Gasteiger partial charge in [0.15, 0.2) is 0 Å². The van der Waals surface area contributed by atoms with Crippen LogP contribution < -0.4 is 15.5 Å². The van der Waals surface area contributed by atoms with Gasteiger partial charge in [0.25, 0.3) is 17.7 Å². The third-order valence-electron chi connectivity index (χ3n) is 8.02. The highest BCUT2D eigenvalue weighted by Gasteiger charge is 2.26. The van der Waals surface area contributed by atoms with E-state index in [0.29, 0.717) is 43.0 Å². The van der Waals surface area contributed by atoms with E-state index in [1.54, 1.807) is 48.5 Å². The molecule has 2 heterocycles. The molecule has 5 rings (SSSR count). The number of hydrogen-bond donors (Lipinski definition) is 3. The summed E-state index contributed by atoms with van der Waals surface area (Å²) in [5.74, 6) is -1.82. The van der Waals surface area contributed by atoms with Crippen molar-refractivity contribution in [1.29, 1.82) is 0 Å². The van der Waals surface area contributed by atoms with Gasteiger partial charge in [0.05, 0.1) is 23.8 Å². The molecule has 1 unspecified atom stereocenters. The predicted molar refractivity (Wildman–Crippen MR) is 181 cm³/mol. The van der Waals surface area contributed by atoms with E-state index < -0.39 is 17.9 Å². The third kappa shape index (κ3) is 7.81. The minimum atomic E-state index is -1.02. The largest absolute Gasteiger partial charge is 0.481 e. The first-order chi connectivity index (χ1) is 22.0. The highest BCUT2D eigenvalue weighted by atomic mass is 32.1. The van der Waals surface area contributed by atoms with Crippen LogP contribution in [-0.2, 0) is 10.2 Å². The molecule has 1 atom stereocenters. The predicted octanol–water partition coefficient (Wildman–Crippen LogP) is 6.21. The standard InChI is InChI=1S/C36H38N4O5S/c1-36(2,3)27-14-11-24(12-15-27)33(43)37-28-22-26(34(44)38-29(23-32(41)42)31-10-7-21-46-31)13-16-30(28)39-17-19-40(20-18-39)35(45)25-8-5-4-6-9-25/h4-16,21-22,29H,17-20,23H2,1-3H3,(H,37,43)(H,38,44)(H,41,42). The zero-order chi connectivity index (χ0) is 32.8. The Bertz CT molecular complexity index is 1690. The van der Waals surface area contributed by atoms with Crippen molar-refractivity contribution in [2.24, 2.45) is 0 Å². The van der Waals surface area contributed by atoms with E-state index in [4.69, 9.17) is 0 Å². The minimum Gasteiger partial charge on any atom is -0.481 e. The Morgan fingerprint density at radius 2 is 1.48 bits per heavy atom. The van der Waals surface area contributed by atoms with Gasteiger partial charge in [0, 0.05) is 47.7 Å². The monoisotopic (exact) mass is 638 g/mol. The van der Waals surface area contributed by atoms with Gasteiger partial charge in [-0.05, 0) is 64.9 Å². The average molecular weight is 639 g/mol. The van der Waals surface area contributed by atoms with E-state index in [-0.39, 0.29) is 29.2 Å². The van der Waals surface area contributed by atoms with Gasteiger partial charge in [-0.25, -0.2) is 0 Å². The summed E-state index contributed by atoms with van der Waals surface area (Å²) in [5, 5.41) is 17.2. The Hall–Kier alpha value is -4.96. The quantitative estimate of drug-likeness (QED) is 0.201. The van der Waals surface area contributed by atoms with Gasteiger partial charge in [-0.2, -0.15) is 0 Å². The first-order valence-corrected chi connectivity index (χ1v) is 16.1. The van der Waals surface area contributed by atoms with E-state index in [1.807, 2.05) is 46.7 Å². The van der Waals surface area contributed by atoms with E-state index in [9.17, 15) is 24.3 Å². The van der Waals surface area contributed by atoms with Crippen LogP contribution in [0.3, 0.4) is 0 Å². The number of carbonyl (C=O) groups excluding carboxylic acids is 3. The van der Waals surface area contributed by atoms with Crippen molar-refractivity contribution >= 4 is 46.4 Å². The van der Waals surface area contributed by atoms with Crippen LogP contribution in [-0.4, -0.2) is 59.9 Å². The number of amides is 3. The molecule has 0 saturated carbocycles. The molecule has 0 radical (unpaired) electrons. The van der Waals surface area contributed by atoms with Crippen molar-refractivity contribution in [1.82, 2.24) is 10.2 Å². The van der Waals surface area contributed by atoms with Crippen LogP contribution in [0.2, 0.25) is 0 Å². The van der Waals surface area contributed by atoms with E-state index >= 15 is 0 Å². The average Bonchev–Trinajstić information content (AvgIpc) is 3.59. The minimum absolute atomic E-state index is 0.0267. The molecule has 1 aliphatic heterocycles. The summed E-state index contributed by atoms with van der Waals surface area (Å²) in [6.07, 6.45) is -0.259. The lowest BCUT2D eigenvalue weighted by Gasteiger charge is -2.37. The fourth-order valence-corrected chi connectivity index (χ4v) is 6.19. The van der Waals surface area contributed by atoms with Gasteiger partial charge < -0.3 is 25.5 Å². The molecule has 238 valence electrons. The zero-order valence-corrected chi connectivity index (χ0v) is 27.0. The topological polar surface area (TPSA) is 119 Å². The van der Waals surface area contributed by atoms with Gasteiger partial charge in [0.1, 0.15) is 0 Å². The van der Waals surface area contributed by atoms with Gasteiger partial charge in [-0.15, -0.1) is 11.3 Å². The van der Waals surface area contributed by atoms with Crippen LogP contribution in [0.25, 0.3) is 0 Å². The second-order valence-corrected chi connectivity index (χ2v) is 13.3. The maximum absolute atomic E-state index is 13.5. The molecule has 0 bridgehead atoms. The number of benzene rings is 3. The van der Waals surface area contributed by atoms with Crippen molar-refractivity contribution in [3.05, 3.63) is 117 Å². The molecule has 3 N–H and O–H groups in total. The van der Waals surface area contributed by atoms with Gasteiger partial charge in [0.2, 0.25) is 0 Å². The summed E-state index contributed by atoms with van der Waals surface area (Å²) in [4.78, 5) is 56.2. The van der Waals surface area contributed by atoms with Crippen LogP contribution in [0, 0.1) is 0 Å². The lowest BCUT2D eigenvalue weighted by molar-refractivity contribution is -0.137. The number of piperazine rings is 1. The van der Waals surface area contributed by atoms with Crippen LogP contribution in [0.15, 0.2) is 90.3 Å². The lowest BCUT2D eigenvalue weighted by Crippen LogP contribution is -2.49. The molecule has 3 aromatic carbocycles. The summed E-state index contributed by atoms with van der Waals surface area (Å²) < 4.78 is 0. The SMILES string of the molecule is CC(C)(C)c1ccc(C(=O)Nc2cc(C(=O)NC(CC(=O)O)c3cccs3)ccc2N2CCN(C(=O)c3ccccc3)CC2)cc1. The van der Waals surface area contributed by atoms with Crippen molar-refractivity contribution in [2.45, 2.75) is 38.6 Å². The summed E-state index contributed by atoms with van der Waals surface area (Å²) in [5.41, 5.74) is 3.62. The van der Waals surface area contributed by atoms with Crippen LogP contribution in [0.5, 0.6) is 0 Å². The first kappa shape index (κ1) is 32.4. The molecule has 46 heavy (non-hydrogen) atoms. The van der Waals surface area contributed by atoms with Crippen LogP contribution in [0.4, 0.5) is 11.4 Å².